The first-order chi connectivity index (χ1) is 7.77. The van der Waals surface area contributed by atoms with Gasteiger partial charge in [-0.3, -0.25) is 0 Å². The molecule has 0 aromatic heterocycles. The number of hydrogen-bond acceptors (Lipinski definition) is 2. The van der Waals surface area contributed by atoms with E-state index in [1.165, 1.54) is 58.0 Å². The number of hydrogen-bond donors (Lipinski definition) is 1. The molecule has 0 heterocycles. The lowest BCUT2D eigenvalue weighted by Crippen LogP contribution is -2.40. The van der Waals surface area contributed by atoms with Crippen molar-refractivity contribution in [2.24, 2.45) is 5.92 Å². The Morgan fingerprint density at radius 2 is 1.88 bits per heavy atom. The Morgan fingerprint density at radius 3 is 2.56 bits per heavy atom. The van der Waals surface area contributed by atoms with E-state index in [9.17, 15) is 0 Å². The zero-order chi connectivity index (χ0) is 11.4. The fourth-order valence-electron chi connectivity index (χ4n) is 3.04. The highest BCUT2D eigenvalue weighted by Crippen LogP contribution is 2.27. The third-order valence-electron chi connectivity index (χ3n) is 4.33. The van der Waals surface area contributed by atoms with Crippen LogP contribution in [0.2, 0.25) is 0 Å². The van der Waals surface area contributed by atoms with Crippen molar-refractivity contribution < 1.29 is 0 Å². The van der Waals surface area contributed by atoms with Crippen LogP contribution in [0, 0.1) is 5.92 Å². The van der Waals surface area contributed by atoms with E-state index in [1.54, 1.807) is 0 Å². The Kier molecular flexibility index (Phi) is 4.66. The molecule has 0 radical (unpaired) electrons. The Hall–Kier alpha value is -0.0800. The Morgan fingerprint density at radius 1 is 1.12 bits per heavy atom. The van der Waals surface area contributed by atoms with E-state index in [2.05, 4.69) is 24.2 Å². The molecule has 2 unspecified atom stereocenters. The summed E-state index contributed by atoms with van der Waals surface area (Å²) in [5.41, 5.74) is 0. The van der Waals surface area contributed by atoms with E-state index >= 15 is 0 Å². The normalized spacial score (nSPS) is 30.9. The van der Waals surface area contributed by atoms with Gasteiger partial charge in [-0.1, -0.05) is 19.8 Å². The highest BCUT2D eigenvalue weighted by molar-refractivity contribution is 4.82. The monoisotopic (exact) mass is 224 g/mol. The van der Waals surface area contributed by atoms with Crippen molar-refractivity contribution in [2.45, 2.75) is 64.0 Å². The minimum Gasteiger partial charge on any atom is -0.314 e. The number of nitrogens with zero attached hydrogens (tertiary/aromatic N) is 1. The summed E-state index contributed by atoms with van der Waals surface area (Å²) in [6.45, 7) is 4.92. The van der Waals surface area contributed by atoms with Crippen LogP contribution in [0.5, 0.6) is 0 Å². The fourth-order valence-corrected chi connectivity index (χ4v) is 3.04. The van der Waals surface area contributed by atoms with E-state index in [0.29, 0.717) is 0 Å². The minimum absolute atomic E-state index is 0.856. The zero-order valence-electron chi connectivity index (χ0n) is 11.0. The molecule has 2 saturated carbocycles. The second-order valence-electron chi connectivity index (χ2n) is 5.89. The molecule has 0 spiro atoms. The van der Waals surface area contributed by atoms with Crippen molar-refractivity contribution in [2.75, 3.05) is 20.1 Å². The van der Waals surface area contributed by atoms with E-state index in [4.69, 9.17) is 0 Å². The van der Waals surface area contributed by atoms with Crippen molar-refractivity contribution >= 4 is 0 Å². The van der Waals surface area contributed by atoms with Crippen LogP contribution in [-0.4, -0.2) is 37.1 Å². The Bertz CT molecular complexity index is 201. The molecule has 0 bridgehead atoms. The number of rotatable bonds is 6. The van der Waals surface area contributed by atoms with Gasteiger partial charge in [0.2, 0.25) is 0 Å². The molecule has 2 fully saturated rings. The zero-order valence-corrected chi connectivity index (χ0v) is 11.0. The molecule has 0 amide bonds. The molecule has 0 saturated heterocycles. The standard InChI is InChI=1S/C14H28N2/c1-12-6-3-4-7-14(12)16(2)11-5-10-15-13-8-9-13/h12-15H,3-11H2,1-2H3. The third-order valence-corrected chi connectivity index (χ3v) is 4.33. The largest absolute Gasteiger partial charge is 0.314 e. The van der Waals surface area contributed by atoms with Crippen LogP contribution < -0.4 is 5.32 Å². The van der Waals surface area contributed by atoms with Crippen LogP contribution in [0.25, 0.3) is 0 Å². The van der Waals surface area contributed by atoms with Gasteiger partial charge in [-0.2, -0.15) is 0 Å². The van der Waals surface area contributed by atoms with Crippen LogP contribution in [-0.2, 0) is 0 Å². The Balaban J connectivity index is 1.59. The van der Waals surface area contributed by atoms with Crippen molar-refractivity contribution in [1.82, 2.24) is 10.2 Å². The number of nitrogens with one attached hydrogen (secondary N) is 1. The van der Waals surface area contributed by atoms with Gasteiger partial charge in [-0.15, -0.1) is 0 Å². The first kappa shape index (κ1) is 12.4. The second-order valence-corrected chi connectivity index (χ2v) is 5.89. The lowest BCUT2D eigenvalue weighted by molar-refractivity contribution is 0.138. The molecule has 0 aliphatic heterocycles. The van der Waals surface area contributed by atoms with Gasteiger partial charge in [0.05, 0.1) is 0 Å². The fraction of sp³-hybridized carbons (Fsp3) is 1.00. The van der Waals surface area contributed by atoms with Gasteiger partial charge in [0.25, 0.3) is 0 Å². The Labute approximate surface area is 101 Å². The van der Waals surface area contributed by atoms with Crippen LogP contribution in [0.15, 0.2) is 0 Å². The van der Waals surface area contributed by atoms with Crippen molar-refractivity contribution in [3.05, 3.63) is 0 Å². The molecule has 2 aliphatic carbocycles. The maximum absolute atomic E-state index is 3.60. The van der Waals surface area contributed by atoms with Crippen LogP contribution in [0.1, 0.15) is 51.9 Å². The summed E-state index contributed by atoms with van der Waals surface area (Å²) in [4.78, 5) is 2.61. The van der Waals surface area contributed by atoms with Crippen molar-refractivity contribution in [1.29, 1.82) is 0 Å². The molecule has 2 nitrogen and oxygen atoms in total. The summed E-state index contributed by atoms with van der Waals surface area (Å²) in [6, 6.07) is 1.73. The van der Waals surface area contributed by atoms with Gasteiger partial charge in [-0.05, 0) is 58.2 Å². The van der Waals surface area contributed by atoms with Crippen LogP contribution >= 0.6 is 0 Å². The molecule has 16 heavy (non-hydrogen) atoms. The van der Waals surface area contributed by atoms with Gasteiger partial charge in [0, 0.05) is 12.1 Å². The molecule has 1 N–H and O–H groups in total. The summed E-state index contributed by atoms with van der Waals surface area (Å²) in [5.74, 6) is 0.912. The SMILES string of the molecule is CC1CCCCC1N(C)CCCNC1CC1. The van der Waals surface area contributed by atoms with Crippen LogP contribution in [0.4, 0.5) is 0 Å². The first-order valence-corrected chi connectivity index (χ1v) is 7.21. The highest BCUT2D eigenvalue weighted by Gasteiger charge is 2.24. The lowest BCUT2D eigenvalue weighted by Gasteiger charge is -2.36. The topological polar surface area (TPSA) is 15.3 Å². The summed E-state index contributed by atoms with van der Waals surface area (Å²) in [5, 5.41) is 3.60. The molecule has 0 aromatic rings. The molecule has 0 aromatic carbocycles. The molecular formula is C14H28N2. The minimum atomic E-state index is 0.856. The summed E-state index contributed by atoms with van der Waals surface area (Å²) >= 11 is 0. The molecule has 94 valence electrons. The van der Waals surface area contributed by atoms with Gasteiger partial charge < -0.3 is 10.2 Å². The second kappa shape index (κ2) is 6.02. The third kappa shape index (κ3) is 3.74. The average Bonchev–Trinajstić information content (AvgIpc) is 3.08. The van der Waals surface area contributed by atoms with Gasteiger partial charge in [0.15, 0.2) is 0 Å². The maximum atomic E-state index is 3.60. The van der Waals surface area contributed by atoms with Crippen molar-refractivity contribution in [3.63, 3.8) is 0 Å². The van der Waals surface area contributed by atoms with E-state index in [0.717, 1.165) is 18.0 Å². The predicted octanol–water partition coefficient (Wildman–Crippen LogP) is 2.64. The van der Waals surface area contributed by atoms with Gasteiger partial charge in [-0.25, -0.2) is 0 Å². The smallest absolute Gasteiger partial charge is 0.0118 e. The molecule has 2 heteroatoms. The van der Waals surface area contributed by atoms with Crippen LogP contribution in [0.3, 0.4) is 0 Å². The van der Waals surface area contributed by atoms with E-state index in [-0.39, 0.29) is 0 Å². The first-order valence-electron chi connectivity index (χ1n) is 7.21. The lowest BCUT2D eigenvalue weighted by atomic mass is 9.85. The molecule has 2 rings (SSSR count). The average molecular weight is 224 g/mol. The van der Waals surface area contributed by atoms with Crippen molar-refractivity contribution in [3.8, 4) is 0 Å². The molecule has 2 atom stereocenters. The highest BCUT2D eigenvalue weighted by atomic mass is 15.1. The van der Waals surface area contributed by atoms with E-state index < -0.39 is 0 Å². The van der Waals surface area contributed by atoms with Gasteiger partial charge in [0.1, 0.15) is 0 Å². The quantitative estimate of drug-likeness (QED) is 0.698. The molecule has 2 aliphatic rings. The maximum Gasteiger partial charge on any atom is 0.0118 e. The van der Waals surface area contributed by atoms with Gasteiger partial charge >= 0.3 is 0 Å². The summed E-state index contributed by atoms with van der Waals surface area (Å²) < 4.78 is 0. The molecular weight excluding hydrogens is 196 g/mol. The predicted molar refractivity (Wildman–Crippen MR) is 69.7 cm³/mol. The summed E-state index contributed by atoms with van der Waals surface area (Å²) in [7, 11) is 2.32. The summed E-state index contributed by atoms with van der Waals surface area (Å²) in [6.07, 6.45) is 9.90. The van der Waals surface area contributed by atoms with E-state index in [1.807, 2.05) is 0 Å².